The molecule has 0 aliphatic rings. The van der Waals surface area contributed by atoms with Crippen molar-refractivity contribution in [2.45, 2.75) is 20.3 Å². The monoisotopic (exact) mass is 176 g/mol. The number of nitrogens with zero attached hydrogens (tertiary/aromatic N) is 1. The van der Waals surface area contributed by atoms with Gasteiger partial charge in [-0.2, -0.15) is 5.26 Å². The average Bonchev–Trinajstić information content (AvgIpc) is 2.09. The maximum Gasteiger partial charge on any atom is 0.247 e. The predicted octanol–water partition coefficient (Wildman–Crippen LogP) is 1.47. The van der Waals surface area contributed by atoms with Gasteiger partial charge in [-0.25, -0.2) is 0 Å². The van der Waals surface area contributed by atoms with Crippen molar-refractivity contribution in [3.05, 3.63) is 34.2 Å². The van der Waals surface area contributed by atoms with E-state index in [4.69, 9.17) is 5.26 Å². The summed E-state index contributed by atoms with van der Waals surface area (Å²) in [6, 6.07) is 5.44. The Bertz CT molecular complexity index is 364. The highest BCUT2D eigenvalue weighted by Gasteiger charge is 2.16. The molecule has 0 saturated heterocycles. The quantitative estimate of drug-likeness (QED) is 0.741. The van der Waals surface area contributed by atoms with Crippen LogP contribution < -0.4 is 5.56 Å². The van der Waals surface area contributed by atoms with Gasteiger partial charge in [0.2, 0.25) is 5.56 Å². The van der Waals surface area contributed by atoms with E-state index in [0.29, 0.717) is 6.42 Å². The molecule has 0 aliphatic heterocycles. The fourth-order valence-corrected chi connectivity index (χ4v) is 1.10. The number of hydrogen-bond donors (Lipinski definition) is 1. The van der Waals surface area contributed by atoms with Crippen LogP contribution in [0, 0.1) is 16.7 Å². The molecule has 0 atom stereocenters. The van der Waals surface area contributed by atoms with Crippen molar-refractivity contribution >= 4 is 0 Å². The Kier molecular flexibility index (Phi) is 2.52. The zero-order chi connectivity index (χ0) is 9.90. The molecule has 0 aromatic carbocycles. The van der Waals surface area contributed by atoms with Gasteiger partial charge in [0.1, 0.15) is 0 Å². The maximum atomic E-state index is 10.7. The van der Waals surface area contributed by atoms with Gasteiger partial charge in [-0.1, -0.05) is 6.07 Å². The minimum Gasteiger partial charge on any atom is -0.329 e. The summed E-state index contributed by atoms with van der Waals surface area (Å²) in [6.07, 6.45) is 2.31. The van der Waals surface area contributed by atoms with Gasteiger partial charge in [0.15, 0.2) is 0 Å². The van der Waals surface area contributed by atoms with Crippen LogP contribution in [0.15, 0.2) is 23.1 Å². The number of H-pyrrole nitrogens is 1. The van der Waals surface area contributed by atoms with E-state index in [0.717, 1.165) is 5.56 Å². The fraction of sp³-hybridized carbons (Fsp3) is 0.400. The molecule has 68 valence electrons. The smallest absolute Gasteiger partial charge is 0.247 e. The van der Waals surface area contributed by atoms with Crippen LogP contribution in [0.5, 0.6) is 0 Å². The van der Waals surface area contributed by atoms with Crippen molar-refractivity contribution < 1.29 is 0 Å². The van der Waals surface area contributed by atoms with Gasteiger partial charge < -0.3 is 4.98 Å². The number of rotatable bonds is 2. The van der Waals surface area contributed by atoms with Crippen LogP contribution >= 0.6 is 0 Å². The van der Waals surface area contributed by atoms with Crippen LogP contribution in [-0.4, -0.2) is 4.98 Å². The van der Waals surface area contributed by atoms with E-state index in [1.165, 1.54) is 6.07 Å². The molecule has 0 bridgehead atoms. The summed E-state index contributed by atoms with van der Waals surface area (Å²) in [4.78, 5) is 13.3. The van der Waals surface area contributed by atoms with Crippen molar-refractivity contribution in [1.82, 2.24) is 4.98 Å². The third-order valence-electron chi connectivity index (χ3n) is 1.80. The summed E-state index contributed by atoms with van der Waals surface area (Å²) < 4.78 is 0. The van der Waals surface area contributed by atoms with Crippen LogP contribution in [0.25, 0.3) is 0 Å². The number of nitriles is 1. The summed E-state index contributed by atoms with van der Waals surface area (Å²) in [5.41, 5.74) is 0.489. The Labute approximate surface area is 77.0 Å². The lowest BCUT2D eigenvalue weighted by atomic mass is 9.88. The molecule has 0 radical (unpaired) electrons. The molecule has 1 aromatic heterocycles. The Hall–Kier alpha value is -1.56. The van der Waals surface area contributed by atoms with Gasteiger partial charge in [0.25, 0.3) is 0 Å². The molecule has 0 fully saturated rings. The molecule has 1 N–H and O–H groups in total. The van der Waals surface area contributed by atoms with Gasteiger partial charge in [-0.05, 0) is 25.8 Å². The topological polar surface area (TPSA) is 56.6 Å². The SMILES string of the molecule is CC(C)(C#N)Cc1ccc(=O)[nH]c1. The molecule has 0 amide bonds. The summed E-state index contributed by atoms with van der Waals surface area (Å²) in [5.74, 6) is 0. The van der Waals surface area contributed by atoms with Crippen LogP contribution in [0.2, 0.25) is 0 Å². The first-order valence-corrected chi connectivity index (χ1v) is 4.12. The summed E-state index contributed by atoms with van der Waals surface area (Å²) in [6.45, 7) is 3.75. The van der Waals surface area contributed by atoms with Crippen molar-refractivity contribution in [2.24, 2.45) is 5.41 Å². The van der Waals surface area contributed by atoms with Crippen LogP contribution in [0.3, 0.4) is 0 Å². The normalized spacial score (nSPS) is 10.8. The Morgan fingerprint density at radius 3 is 2.69 bits per heavy atom. The van der Waals surface area contributed by atoms with E-state index >= 15 is 0 Å². The Balaban J connectivity index is 2.83. The second-order valence-electron chi connectivity index (χ2n) is 3.73. The van der Waals surface area contributed by atoms with E-state index in [1.54, 1.807) is 12.3 Å². The molecule has 1 heterocycles. The second kappa shape index (κ2) is 3.44. The molecule has 1 rings (SSSR count). The number of pyridine rings is 1. The summed E-state index contributed by atoms with van der Waals surface area (Å²) in [7, 11) is 0. The highest BCUT2D eigenvalue weighted by Crippen LogP contribution is 2.19. The van der Waals surface area contributed by atoms with Gasteiger partial charge >= 0.3 is 0 Å². The summed E-state index contributed by atoms with van der Waals surface area (Å²) >= 11 is 0. The molecule has 3 heteroatoms. The average molecular weight is 176 g/mol. The van der Waals surface area contributed by atoms with E-state index < -0.39 is 0 Å². The third kappa shape index (κ3) is 2.75. The molecule has 0 aliphatic carbocycles. The fourth-order valence-electron chi connectivity index (χ4n) is 1.10. The minimum atomic E-state index is -0.377. The molecule has 0 spiro atoms. The van der Waals surface area contributed by atoms with Crippen LogP contribution in [0.1, 0.15) is 19.4 Å². The number of aromatic nitrogens is 1. The van der Waals surface area contributed by atoms with Gasteiger partial charge in [0, 0.05) is 12.3 Å². The number of hydrogen-bond acceptors (Lipinski definition) is 2. The lowest BCUT2D eigenvalue weighted by Crippen LogP contribution is -2.13. The maximum absolute atomic E-state index is 10.7. The molecule has 0 saturated carbocycles. The minimum absolute atomic E-state index is 0.112. The third-order valence-corrected chi connectivity index (χ3v) is 1.80. The lowest BCUT2D eigenvalue weighted by molar-refractivity contribution is 0.492. The standard InChI is InChI=1S/C10H12N2O/c1-10(2,7-11)5-8-3-4-9(13)12-6-8/h3-4,6H,5H2,1-2H3,(H,12,13). The molecular weight excluding hydrogens is 164 g/mol. The van der Waals surface area contributed by atoms with Gasteiger partial charge in [0.05, 0.1) is 11.5 Å². The summed E-state index contributed by atoms with van der Waals surface area (Å²) in [5, 5.41) is 8.79. The number of nitrogens with one attached hydrogen (secondary N) is 1. The van der Waals surface area contributed by atoms with Gasteiger partial charge in [-0.15, -0.1) is 0 Å². The lowest BCUT2D eigenvalue weighted by Gasteiger charge is -2.13. The van der Waals surface area contributed by atoms with E-state index in [1.807, 2.05) is 13.8 Å². The van der Waals surface area contributed by atoms with Crippen LogP contribution in [-0.2, 0) is 6.42 Å². The van der Waals surface area contributed by atoms with Crippen molar-refractivity contribution in [3.8, 4) is 6.07 Å². The van der Waals surface area contributed by atoms with Crippen molar-refractivity contribution in [2.75, 3.05) is 0 Å². The Morgan fingerprint density at radius 2 is 2.23 bits per heavy atom. The largest absolute Gasteiger partial charge is 0.329 e. The highest BCUT2D eigenvalue weighted by molar-refractivity contribution is 5.13. The van der Waals surface area contributed by atoms with Crippen molar-refractivity contribution in [3.63, 3.8) is 0 Å². The second-order valence-corrected chi connectivity index (χ2v) is 3.73. The Morgan fingerprint density at radius 1 is 1.54 bits per heavy atom. The van der Waals surface area contributed by atoms with E-state index in [-0.39, 0.29) is 11.0 Å². The van der Waals surface area contributed by atoms with E-state index in [2.05, 4.69) is 11.1 Å². The predicted molar refractivity (Wildman–Crippen MR) is 50.2 cm³/mol. The molecular formula is C10H12N2O. The highest BCUT2D eigenvalue weighted by atomic mass is 16.1. The first kappa shape index (κ1) is 9.53. The van der Waals surface area contributed by atoms with Crippen LogP contribution in [0.4, 0.5) is 0 Å². The molecule has 3 nitrogen and oxygen atoms in total. The molecule has 13 heavy (non-hydrogen) atoms. The number of aromatic amines is 1. The first-order valence-electron chi connectivity index (χ1n) is 4.12. The zero-order valence-electron chi connectivity index (χ0n) is 7.79. The molecule has 0 unspecified atom stereocenters. The van der Waals surface area contributed by atoms with E-state index in [9.17, 15) is 4.79 Å². The molecule has 1 aromatic rings. The first-order chi connectivity index (χ1) is 6.03. The zero-order valence-corrected chi connectivity index (χ0v) is 7.79. The van der Waals surface area contributed by atoms with Gasteiger partial charge in [-0.3, -0.25) is 4.79 Å². The van der Waals surface area contributed by atoms with Crippen molar-refractivity contribution in [1.29, 1.82) is 5.26 Å².